The first-order chi connectivity index (χ1) is 9.10. The van der Waals surface area contributed by atoms with Gasteiger partial charge in [-0.15, -0.1) is 0 Å². The summed E-state index contributed by atoms with van der Waals surface area (Å²) in [5, 5.41) is 3.84. The quantitative estimate of drug-likeness (QED) is 0.765. The summed E-state index contributed by atoms with van der Waals surface area (Å²) in [7, 11) is 0. The Morgan fingerprint density at radius 2 is 2.16 bits per heavy atom. The van der Waals surface area contributed by atoms with Gasteiger partial charge in [0, 0.05) is 5.56 Å². The van der Waals surface area contributed by atoms with Gasteiger partial charge in [0.25, 0.3) is 0 Å². The van der Waals surface area contributed by atoms with E-state index in [0.717, 1.165) is 30.7 Å². The van der Waals surface area contributed by atoms with Gasteiger partial charge in [-0.05, 0) is 35.0 Å². The minimum Gasteiger partial charge on any atom is -0.458 e. The van der Waals surface area contributed by atoms with Gasteiger partial charge in [-0.2, -0.15) is 0 Å². The largest absolute Gasteiger partial charge is 0.458 e. The Morgan fingerprint density at radius 3 is 2.79 bits per heavy atom. The maximum absolute atomic E-state index is 14.3. The SMILES string of the molecule is CCCc1c(CNCC)oc2c(Br)cc(Cl)c(F)c12. The number of furan rings is 1. The molecule has 0 fully saturated rings. The maximum atomic E-state index is 14.3. The standard InChI is InChI=1S/C14H16BrClFNO/c1-3-5-8-11(7-18-4-2)19-14-9(15)6-10(16)13(17)12(8)14/h6,18H,3-5,7H2,1-2H3. The van der Waals surface area contributed by atoms with E-state index in [4.69, 9.17) is 16.0 Å². The number of aryl methyl sites for hydroxylation is 1. The zero-order valence-electron chi connectivity index (χ0n) is 10.9. The second-order valence-electron chi connectivity index (χ2n) is 4.39. The average Bonchev–Trinajstić information content (AvgIpc) is 2.74. The predicted molar refractivity (Wildman–Crippen MR) is 80.3 cm³/mol. The molecule has 2 rings (SSSR count). The molecule has 1 aromatic carbocycles. The highest BCUT2D eigenvalue weighted by Gasteiger charge is 2.21. The van der Waals surface area contributed by atoms with Gasteiger partial charge in [0.1, 0.15) is 5.76 Å². The number of fused-ring (bicyclic) bond motifs is 1. The molecule has 5 heteroatoms. The molecule has 1 N–H and O–H groups in total. The van der Waals surface area contributed by atoms with Crippen LogP contribution in [0.25, 0.3) is 11.0 Å². The lowest BCUT2D eigenvalue weighted by atomic mass is 10.1. The van der Waals surface area contributed by atoms with Gasteiger partial charge in [0.15, 0.2) is 11.4 Å². The molecular weight excluding hydrogens is 333 g/mol. The number of nitrogens with one attached hydrogen (secondary N) is 1. The second-order valence-corrected chi connectivity index (χ2v) is 5.65. The number of hydrogen-bond donors (Lipinski definition) is 1. The molecule has 0 atom stereocenters. The summed E-state index contributed by atoms with van der Waals surface area (Å²) >= 11 is 9.30. The van der Waals surface area contributed by atoms with E-state index in [1.54, 1.807) is 0 Å². The molecule has 0 aliphatic rings. The van der Waals surface area contributed by atoms with Crippen molar-refractivity contribution >= 4 is 38.5 Å². The molecule has 1 heterocycles. The van der Waals surface area contributed by atoms with E-state index in [-0.39, 0.29) is 5.02 Å². The molecule has 0 amide bonds. The van der Waals surface area contributed by atoms with E-state index in [2.05, 4.69) is 28.2 Å². The normalized spacial score (nSPS) is 11.4. The fraction of sp³-hybridized carbons (Fsp3) is 0.429. The van der Waals surface area contributed by atoms with E-state index < -0.39 is 5.82 Å². The summed E-state index contributed by atoms with van der Waals surface area (Å²) < 4.78 is 20.8. The van der Waals surface area contributed by atoms with Crippen LogP contribution in [0.5, 0.6) is 0 Å². The smallest absolute Gasteiger partial charge is 0.153 e. The van der Waals surface area contributed by atoms with Crippen molar-refractivity contribution in [2.75, 3.05) is 6.54 Å². The lowest BCUT2D eigenvalue weighted by molar-refractivity contribution is 0.511. The van der Waals surface area contributed by atoms with Gasteiger partial charge in [-0.1, -0.05) is 31.9 Å². The molecule has 0 bridgehead atoms. The highest BCUT2D eigenvalue weighted by atomic mass is 79.9. The molecule has 0 radical (unpaired) electrons. The van der Waals surface area contributed by atoms with Crippen molar-refractivity contribution in [2.24, 2.45) is 0 Å². The van der Waals surface area contributed by atoms with Crippen LogP contribution in [0.15, 0.2) is 15.0 Å². The molecule has 2 nitrogen and oxygen atoms in total. The highest BCUT2D eigenvalue weighted by molar-refractivity contribution is 9.10. The van der Waals surface area contributed by atoms with Crippen molar-refractivity contribution in [2.45, 2.75) is 33.2 Å². The average molecular weight is 349 g/mol. The second kappa shape index (κ2) is 6.25. The van der Waals surface area contributed by atoms with Gasteiger partial charge < -0.3 is 9.73 Å². The van der Waals surface area contributed by atoms with E-state index in [0.29, 0.717) is 22.0 Å². The Morgan fingerprint density at radius 1 is 1.42 bits per heavy atom. The monoisotopic (exact) mass is 347 g/mol. The van der Waals surface area contributed by atoms with Crippen molar-refractivity contribution in [1.29, 1.82) is 0 Å². The Kier molecular flexibility index (Phi) is 4.87. The molecule has 19 heavy (non-hydrogen) atoms. The first kappa shape index (κ1) is 14.8. The van der Waals surface area contributed by atoms with Gasteiger partial charge >= 0.3 is 0 Å². The Bertz CT molecular complexity index is 597. The molecule has 1 aromatic heterocycles. The molecule has 2 aromatic rings. The third-order valence-electron chi connectivity index (χ3n) is 3.03. The number of rotatable bonds is 5. The highest BCUT2D eigenvalue weighted by Crippen LogP contribution is 2.37. The van der Waals surface area contributed by atoms with Gasteiger partial charge in [-0.3, -0.25) is 0 Å². The van der Waals surface area contributed by atoms with Gasteiger partial charge in [0.05, 0.1) is 21.4 Å². The molecule has 0 aliphatic carbocycles. The lowest BCUT2D eigenvalue weighted by Gasteiger charge is -2.03. The summed E-state index contributed by atoms with van der Waals surface area (Å²) in [4.78, 5) is 0. The van der Waals surface area contributed by atoms with Crippen LogP contribution in [-0.2, 0) is 13.0 Å². The number of halogens is 3. The Hall–Kier alpha value is -0.580. The summed E-state index contributed by atoms with van der Waals surface area (Å²) in [6.45, 7) is 5.53. The van der Waals surface area contributed by atoms with Gasteiger partial charge in [0.2, 0.25) is 0 Å². The maximum Gasteiger partial charge on any atom is 0.153 e. The number of benzene rings is 1. The van der Waals surface area contributed by atoms with Crippen LogP contribution in [0.3, 0.4) is 0 Å². The molecule has 0 aliphatic heterocycles. The minimum atomic E-state index is -0.394. The van der Waals surface area contributed by atoms with Crippen molar-refractivity contribution in [1.82, 2.24) is 5.32 Å². The van der Waals surface area contributed by atoms with Crippen LogP contribution in [0.1, 0.15) is 31.6 Å². The lowest BCUT2D eigenvalue weighted by Crippen LogP contribution is -2.12. The first-order valence-corrected chi connectivity index (χ1v) is 7.55. The topological polar surface area (TPSA) is 25.2 Å². The summed E-state index contributed by atoms with van der Waals surface area (Å²) in [5.41, 5.74) is 1.46. The molecule has 104 valence electrons. The van der Waals surface area contributed by atoms with Crippen LogP contribution in [0.2, 0.25) is 5.02 Å². The van der Waals surface area contributed by atoms with Crippen LogP contribution in [0, 0.1) is 5.82 Å². The molecular formula is C14H16BrClFNO. The molecule has 0 spiro atoms. The van der Waals surface area contributed by atoms with Crippen LogP contribution < -0.4 is 5.32 Å². The van der Waals surface area contributed by atoms with Crippen LogP contribution >= 0.6 is 27.5 Å². The fourth-order valence-electron chi connectivity index (χ4n) is 2.17. The fourth-order valence-corrected chi connectivity index (χ4v) is 3.01. The molecule has 0 saturated heterocycles. The van der Waals surface area contributed by atoms with E-state index in [9.17, 15) is 4.39 Å². The molecule has 0 saturated carbocycles. The third-order valence-corrected chi connectivity index (χ3v) is 3.89. The zero-order chi connectivity index (χ0) is 14.0. The van der Waals surface area contributed by atoms with Crippen molar-refractivity contribution < 1.29 is 8.81 Å². The Labute approximate surface area is 125 Å². The van der Waals surface area contributed by atoms with Crippen molar-refractivity contribution in [3.63, 3.8) is 0 Å². The minimum absolute atomic E-state index is 0.118. The van der Waals surface area contributed by atoms with E-state index in [1.165, 1.54) is 6.07 Å². The summed E-state index contributed by atoms with van der Waals surface area (Å²) in [6, 6.07) is 1.54. The van der Waals surface area contributed by atoms with E-state index >= 15 is 0 Å². The van der Waals surface area contributed by atoms with E-state index in [1.807, 2.05) is 6.92 Å². The summed E-state index contributed by atoms with van der Waals surface area (Å²) in [6.07, 6.45) is 1.70. The van der Waals surface area contributed by atoms with Crippen molar-refractivity contribution in [3.8, 4) is 0 Å². The van der Waals surface area contributed by atoms with Crippen LogP contribution in [0.4, 0.5) is 4.39 Å². The Balaban J connectivity index is 2.66. The van der Waals surface area contributed by atoms with Gasteiger partial charge in [-0.25, -0.2) is 4.39 Å². The molecule has 0 unspecified atom stereocenters. The van der Waals surface area contributed by atoms with Crippen molar-refractivity contribution in [3.05, 3.63) is 32.7 Å². The summed E-state index contributed by atoms with van der Waals surface area (Å²) in [5.74, 6) is 0.399. The first-order valence-electron chi connectivity index (χ1n) is 6.38. The van der Waals surface area contributed by atoms with Crippen LogP contribution in [-0.4, -0.2) is 6.54 Å². The number of hydrogen-bond acceptors (Lipinski definition) is 2. The third kappa shape index (κ3) is 2.81. The predicted octanol–water partition coefficient (Wildman–Crippen LogP) is 5.05. The zero-order valence-corrected chi connectivity index (χ0v) is 13.3.